The summed E-state index contributed by atoms with van der Waals surface area (Å²) < 4.78 is 5.03. The summed E-state index contributed by atoms with van der Waals surface area (Å²) in [4.78, 5) is 23.8. The number of Topliss-reactive ketones (excluding diaryl/α,β-unsaturated/α-hetero) is 2. The lowest BCUT2D eigenvalue weighted by Gasteiger charge is -2.14. The SMILES string of the molecule is C/C=C1/C(=O)c2ccoc2C(=O)/C1=C/C.CC. The first-order valence-electron chi connectivity index (χ1n) is 5.70. The minimum Gasteiger partial charge on any atom is -0.460 e. The Bertz CT molecular complexity index is 457. The molecule has 1 aliphatic rings. The molecule has 90 valence electrons. The number of fused-ring (bicyclic) bond motifs is 1. The third-order valence-corrected chi connectivity index (χ3v) is 2.47. The highest BCUT2D eigenvalue weighted by atomic mass is 16.3. The molecule has 0 saturated heterocycles. The Hall–Kier alpha value is -1.90. The van der Waals surface area contributed by atoms with Gasteiger partial charge < -0.3 is 4.42 Å². The molecule has 0 N–H and O–H groups in total. The van der Waals surface area contributed by atoms with Gasteiger partial charge in [0.15, 0.2) is 11.5 Å². The summed E-state index contributed by atoms with van der Waals surface area (Å²) in [6, 6.07) is 1.53. The summed E-state index contributed by atoms with van der Waals surface area (Å²) in [7, 11) is 0. The van der Waals surface area contributed by atoms with Crippen molar-refractivity contribution >= 4 is 11.6 Å². The van der Waals surface area contributed by atoms with Gasteiger partial charge >= 0.3 is 0 Å². The van der Waals surface area contributed by atoms with Crippen molar-refractivity contribution in [3.63, 3.8) is 0 Å². The van der Waals surface area contributed by atoms with Crippen molar-refractivity contribution < 1.29 is 14.0 Å². The molecule has 3 nitrogen and oxygen atoms in total. The number of ketones is 2. The fraction of sp³-hybridized carbons (Fsp3) is 0.286. The average molecular weight is 232 g/mol. The minimum absolute atomic E-state index is 0.144. The monoisotopic (exact) mass is 232 g/mol. The van der Waals surface area contributed by atoms with E-state index in [-0.39, 0.29) is 17.3 Å². The van der Waals surface area contributed by atoms with Crippen LogP contribution in [0.5, 0.6) is 0 Å². The number of allylic oxidation sites excluding steroid dienone is 4. The number of carbonyl (C=O) groups excluding carboxylic acids is 2. The van der Waals surface area contributed by atoms with Crippen molar-refractivity contribution in [3.8, 4) is 0 Å². The standard InChI is InChI=1S/C12H10O3.C2H6/c1-3-7-8(4-2)11(14)12-9(10(7)13)5-6-15-12;1-2/h3-6H,1-2H3;1-2H3/b7-3+,8-4+;. The van der Waals surface area contributed by atoms with Crippen LogP contribution in [0.3, 0.4) is 0 Å². The van der Waals surface area contributed by atoms with Gasteiger partial charge in [0.25, 0.3) is 0 Å². The normalized spacial score (nSPS) is 19.1. The lowest BCUT2D eigenvalue weighted by molar-refractivity contribution is 0.0953. The van der Waals surface area contributed by atoms with Crippen LogP contribution in [0, 0.1) is 0 Å². The van der Waals surface area contributed by atoms with E-state index in [9.17, 15) is 9.59 Å². The topological polar surface area (TPSA) is 47.3 Å². The first kappa shape index (κ1) is 13.2. The van der Waals surface area contributed by atoms with E-state index in [4.69, 9.17) is 4.42 Å². The van der Waals surface area contributed by atoms with Gasteiger partial charge in [-0.15, -0.1) is 0 Å². The lowest BCUT2D eigenvalue weighted by atomic mass is 9.86. The fourth-order valence-corrected chi connectivity index (χ4v) is 1.75. The van der Waals surface area contributed by atoms with E-state index in [1.807, 2.05) is 13.8 Å². The summed E-state index contributed by atoms with van der Waals surface area (Å²) in [5.41, 5.74) is 1.24. The molecule has 0 aliphatic heterocycles. The lowest BCUT2D eigenvalue weighted by Crippen LogP contribution is -2.20. The predicted octanol–water partition coefficient (Wildman–Crippen LogP) is 3.58. The van der Waals surface area contributed by atoms with E-state index >= 15 is 0 Å². The van der Waals surface area contributed by atoms with Crippen LogP contribution in [0.4, 0.5) is 0 Å². The zero-order valence-corrected chi connectivity index (χ0v) is 10.5. The molecule has 0 saturated carbocycles. The van der Waals surface area contributed by atoms with E-state index in [0.29, 0.717) is 16.7 Å². The molecule has 0 bridgehead atoms. The molecule has 0 atom stereocenters. The first-order chi connectivity index (χ1) is 8.20. The first-order valence-corrected chi connectivity index (χ1v) is 5.70. The maximum Gasteiger partial charge on any atom is 0.229 e. The third-order valence-electron chi connectivity index (χ3n) is 2.47. The molecular weight excluding hydrogens is 216 g/mol. The quantitative estimate of drug-likeness (QED) is 0.642. The van der Waals surface area contributed by atoms with Crippen molar-refractivity contribution in [2.75, 3.05) is 0 Å². The van der Waals surface area contributed by atoms with Gasteiger partial charge in [-0.1, -0.05) is 26.0 Å². The second-order valence-corrected chi connectivity index (χ2v) is 3.23. The smallest absolute Gasteiger partial charge is 0.229 e. The molecule has 0 amide bonds. The molecule has 0 aromatic carbocycles. The maximum absolute atomic E-state index is 11.9. The molecule has 1 aromatic heterocycles. The molecule has 0 unspecified atom stereocenters. The Labute approximate surface area is 101 Å². The summed E-state index contributed by atoms with van der Waals surface area (Å²) in [6.45, 7) is 7.48. The molecule has 0 fully saturated rings. The molecule has 2 rings (SSSR count). The summed E-state index contributed by atoms with van der Waals surface area (Å²) >= 11 is 0. The average Bonchev–Trinajstić information content (AvgIpc) is 2.85. The molecular formula is C14H16O3. The number of hydrogen-bond donors (Lipinski definition) is 0. The van der Waals surface area contributed by atoms with Crippen LogP contribution >= 0.6 is 0 Å². The Morgan fingerprint density at radius 3 is 2.06 bits per heavy atom. The number of hydrogen-bond acceptors (Lipinski definition) is 3. The van der Waals surface area contributed by atoms with E-state index < -0.39 is 0 Å². The molecule has 1 aromatic rings. The minimum atomic E-state index is -0.217. The zero-order valence-electron chi connectivity index (χ0n) is 10.5. The summed E-state index contributed by atoms with van der Waals surface area (Å²) in [6.07, 6.45) is 4.67. The number of furan rings is 1. The summed E-state index contributed by atoms with van der Waals surface area (Å²) in [5, 5.41) is 0. The second-order valence-electron chi connectivity index (χ2n) is 3.23. The van der Waals surface area contributed by atoms with Gasteiger partial charge in [-0.2, -0.15) is 0 Å². The van der Waals surface area contributed by atoms with Gasteiger partial charge in [-0.25, -0.2) is 0 Å². The molecule has 1 aliphatic carbocycles. The highest BCUT2D eigenvalue weighted by molar-refractivity contribution is 6.30. The van der Waals surface area contributed by atoms with Crippen molar-refractivity contribution in [2.45, 2.75) is 27.7 Å². The highest BCUT2D eigenvalue weighted by Gasteiger charge is 2.33. The number of rotatable bonds is 0. The van der Waals surface area contributed by atoms with Crippen molar-refractivity contribution in [1.29, 1.82) is 0 Å². The van der Waals surface area contributed by atoms with Crippen molar-refractivity contribution in [3.05, 3.63) is 47.0 Å². The van der Waals surface area contributed by atoms with E-state index in [1.165, 1.54) is 12.3 Å². The molecule has 0 spiro atoms. The Balaban J connectivity index is 0.000000686. The fourth-order valence-electron chi connectivity index (χ4n) is 1.75. The molecule has 17 heavy (non-hydrogen) atoms. The van der Waals surface area contributed by atoms with Gasteiger partial charge in [0, 0.05) is 11.1 Å². The molecule has 3 heteroatoms. The highest BCUT2D eigenvalue weighted by Crippen LogP contribution is 2.29. The van der Waals surface area contributed by atoms with Gasteiger partial charge in [0.2, 0.25) is 5.78 Å². The third kappa shape index (κ3) is 2.00. The van der Waals surface area contributed by atoms with Gasteiger partial charge in [0.1, 0.15) is 0 Å². The zero-order chi connectivity index (χ0) is 13.0. The van der Waals surface area contributed by atoms with E-state index in [2.05, 4.69) is 0 Å². The van der Waals surface area contributed by atoms with Gasteiger partial charge in [-0.05, 0) is 19.9 Å². The Morgan fingerprint density at radius 1 is 1.00 bits per heavy atom. The van der Waals surface area contributed by atoms with Crippen LogP contribution in [0.25, 0.3) is 0 Å². The summed E-state index contributed by atoms with van der Waals surface area (Å²) in [5.74, 6) is -0.210. The van der Waals surface area contributed by atoms with Crippen LogP contribution in [0.1, 0.15) is 48.6 Å². The predicted molar refractivity (Wildman–Crippen MR) is 66.2 cm³/mol. The maximum atomic E-state index is 11.9. The Morgan fingerprint density at radius 2 is 1.53 bits per heavy atom. The van der Waals surface area contributed by atoms with E-state index in [0.717, 1.165) is 0 Å². The van der Waals surface area contributed by atoms with Crippen molar-refractivity contribution in [2.24, 2.45) is 0 Å². The Kier molecular flexibility index (Phi) is 4.21. The van der Waals surface area contributed by atoms with Crippen LogP contribution in [-0.2, 0) is 0 Å². The van der Waals surface area contributed by atoms with Crippen molar-refractivity contribution in [1.82, 2.24) is 0 Å². The van der Waals surface area contributed by atoms with Gasteiger partial charge in [0.05, 0.1) is 11.8 Å². The van der Waals surface area contributed by atoms with Crippen LogP contribution in [-0.4, -0.2) is 11.6 Å². The van der Waals surface area contributed by atoms with Crippen LogP contribution in [0.2, 0.25) is 0 Å². The second kappa shape index (κ2) is 5.43. The van der Waals surface area contributed by atoms with Crippen LogP contribution < -0.4 is 0 Å². The number of carbonyl (C=O) groups is 2. The van der Waals surface area contributed by atoms with E-state index in [1.54, 1.807) is 26.0 Å². The largest absolute Gasteiger partial charge is 0.460 e. The molecule has 0 radical (unpaired) electrons. The van der Waals surface area contributed by atoms with Crippen LogP contribution in [0.15, 0.2) is 40.0 Å². The molecule has 1 heterocycles. The van der Waals surface area contributed by atoms with Gasteiger partial charge in [-0.3, -0.25) is 9.59 Å².